The summed E-state index contributed by atoms with van der Waals surface area (Å²) in [6, 6.07) is 3.16. The molecule has 2 aromatic heterocycles. The fraction of sp³-hybridized carbons (Fsp3) is 0.385. The lowest BCUT2D eigenvalue weighted by Crippen LogP contribution is -2.27. The van der Waals surface area contributed by atoms with Gasteiger partial charge in [0.2, 0.25) is 10.0 Å². The van der Waals surface area contributed by atoms with Crippen LogP contribution in [0.4, 0.5) is 0 Å². The van der Waals surface area contributed by atoms with E-state index in [0.29, 0.717) is 21.4 Å². The van der Waals surface area contributed by atoms with Gasteiger partial charge < -0.3 is 10.2 Å². The lowest BCUT2D eigenvalue weighted by molar-refractivity contribution is 0.493. The summed E-state index contributed by atoms with van der Waals surface area (Å²) in [5.41, 5.74) is 6.15. The van der Waals surface area contributed by atoms with Crippen molar-refractivity contribution in [3.05, 3.63) is 38.4 Å². The fourth-order valence-electron chi connectivity index (χ4n) is 2.21. The first-order valence-corrected chi connectivity index (χ1v) is 9.00. The van der Waals surface area contributed by atoms with Crippen LogP contribution in [0.25, 0.3) is 0 Å². The van der Waals surface area contributed by atoms with Crippen LogP contribution in [0.15, 0.2) is 21.4 Å². The van der Waals surface area contributed by atoms with E-state index in [0.717, 1.165) is 4.88 Å². The van der Waals surface area contributed by atoms with Gasteiger partial charge in [0.25, 0.3) is 0 Å². The van der Waals surface area contributed by atoms with Crippen molar-refractivity contribution >= 4 is 33.0 Å². The van der Waals surface area contributed by atoms with Crippen LogP contribution in [0, 0.1) is 13.8 Å². The summed E-state index contributed by atoms with van der Waals surface area (Å²) >= 11 is 7.22. The van der Waals surface area contributed by atoms with Crippen molar-refractivity contribution in [1.82, 2.24) is 4.72 Å². The van der Waals surface area contributed by atoms with Gasteiger partial charge >= 0.3 is 0 Å². The largest absolute Gasteiger partial charge is 0.465 e. The van der Waals surface area contributed by atoms with Crippen molar-refractivity contribution in [3.8, 4) is 0 Å². The fourth-order valence-corrected chi connectivity index (χ4v) is 5.03. The van der Waals surface area contributed by atoms with Crippen molar-refractivity contribution in [3.63, 3.8) is 0 Å². The maximum absolute atomic E-state index is 12.6. The lowest BCUT2D eigenvalue weighted by Gasteiger charge is -2.13. The summed E-state index contributed by atoms with van der Waals surface area (Å²) in [4.78, 5) is 0.979. The van der Waals surface area contributed by atoms with Crippen LogP contribution in [0.3, 0.4) is 0 Å². The second-order valence-corrected chi connectivity index (χ2v) is 8.11. The number of hydrogen-bond donors (Lipinski definition) is 2. The first-order valence-electron chi connectivity index (χ1n) is 6.32. The zero-order valence-corrected chi connectivity index (χ0v) is 14.3. The molecule has 0 aromatic carbocycles. The third-order valence-electron chi connectivity index (χ3n) is 3.15. The molecule has 21 heavy (non-hydrogen) atoms. The number of halogens is 1. The molecule has 0 bridgehead atoms. The third kappa shape index (κ3) is 3.32. The maximum Gasteiger partial charge on any atom is 0.244 e. The van der Waals surface area contributed by atoms with Crippen molar-refractivity contribution < 1.29 is 12.8 Å². The third-order valence-corrected chi connectivity index (χ3v) is 6.30. The summed E-state index contributed by atoms with van der Waals surface area (Å²) in [6.45, 7) is 5.20. The minimum Gasteiger partial charge on any atom is -0.465 e. The zero-order valence-electron chi connectivity index (χ0n) is 11.9. The average molecular weight is 349 g/mol. The van der Waals surface area contributed by atoms with E-state index in [-0.39, 0.29) is 17.5 Å². The SMILES string of the molecule is Cc1oc(C)c(S(=O)(=O)NC(C)c2ccc(Cl)s2)c1CN. The molecule has 8 heteroatoms. The zero-order chi connectivity index (χ0) is 15.8. The topological polar surface area (TPSA) is 85.3 Å². The van der Waals surface area contributed by atoms with Crippen molar-refractivity contribution in [1.29, 1.82) is 0 Å². The van der Waals surface area contributed by atoms with Crippen LogP contribution >= 0.6 is 22.9 Å². The van der Waals surface area contributed by atoms with E-state index in [1.165, 1.54) is 11.3 Å². The summed E-state index contributed by atoms with van der Waals surface area (Å²) in [7, 11) is -3.71. The maximum atomic E-state index is 12.6. The molecule has 0 saturated heterocycles. The van der Waals surface area contributed by atoms with Crippen LogP contribution in [-0.2, 0) is 16.6 Å². The number of thiophene rings is 1. The highest BCUT2D eigenvalue weighted by Gasteiger charge is 2.28. The molecule has 116 valence electrons. The van der Waals surface area contributed by atoms with Gasteiger partial charge in [-0.3, -0.25) is 0 Å². The molecule has 2 aromatic rings. The molecule has 0 aliphatic heterocycles. The number of rotatable bonds is 5. The molecule has 1 atom stereocenters. The molecule has 0 saturated carbocycles. The predicted molar refractivity (Wildman–Crippen MR) is 84.1 cm³/mol. The minimum absolute atomic E-state index is 0.110. The Labute approximate surface area is 133 Å². The van der Waals surface area contributed by atoms with E-state index in [9.17, 15) is 8.42 Å². The summed E-state index contributed by atoms with van der Waals surface area (Å²) in [5, 5.41) is 0. The summed E-state index contributed by atoms with van der Waals surface area (Å²) in [5.74, 6) is 0.874. The van der Waals surface area contributed by atoms with Crippen molar-refractivity contribution in [2.24, 2.45) is 5.73 Å². The van der Waals surface area contributed by atoms with Crippen LogP contribution < -0.4 is 10.5 Å². The second kappa shape index (κ2) is 6.10. The van der Waals surface area contributed by atoms with Crippen LogP contribution in [-0.4, -0.2) is 8.42 Å². The van der Waals surface area contributed by atoms with E-state index in [1.807, 2.05) is 0 Å². The Balaban J connectivity index is 2.35. The number of hydrogen-bond acceptors (Lipinski definition) is 5. The number of aryl methyl sites for hydroxylation is 2. The Morgan fingerprint density at radius 1 is 1.38 bits per heavy atom. The molecule has 0 aliphatic rings. The molecule has 1 unspecified atom stereocenters. The molecular formula is C13H17ClN2O3S2. The van der Waals surface area contributed by atoms with Crippen molar-refractivity contribution in [2.75, 3.05) is 0 Å². The number of nitrogens with two attached hydrogens (primary N) is 1. The Bertz CT molecular complexity index is 750. The molecular weight excluding hydrogens is 332 g/mol. The predicted octanol–water partition coefficient (Wildman–Crippen LogP) is 3.11. The van der Waals surface area contributed by atoms with E-state index in [4.69, 9.17) is 21.8 Å². The Morgan fingerprint density at radius 3 is 2.57 bits per heavy atom. The van der Waals surface area contributed by atoms with Gasteiger partial charge in [0, 0.05) is 17.0 Å². The molecule has 3 N–H and O–H groups in total. The van der Waals surface area contributed by atoms with Gasteiger partial charge in [-0.05, 0) is 32.9 Å². The van der Waals surface area contributed by atoms with Crippen LogP contribution in [0.5, 0.6) is 0 Å². The molecule has 2 heterocycles. The van der Waals surface area contributed by atoms with Gasteiger partial charge in [0.15, 0.2) is 0 Å². The quantitative estimate of drug-likeness (QED) is 0.869. The van der Waals surface area contributed by atoms with E-state index in [2.05, 4.69) is 4.72 Å². The molecule has 0 amide bonds. The van der Waals surface area contributed by atoms with E-state index < -0.39 is 10.0 Å². The monoisotopic (exact) mass is 348 g/mol. The lowest BCUT2D eigenvalue weighted by atomic mass is 10.2. The molecule has 2 rings (SSSR count). The first-order chi connectivity index (χ1) is 9.76. The number of sulfonamides is 1. The highest BCUT2D eigenvalue weighted by atomic mass is 35.5. The summed E-state index contributed by atoms with van der Waals surface area (Å²) < 4.78 is 33.8. The van der Waals surface area contributed by atoms with Crippen LogP contribution in [0.1, 0.15) is 34.9 Å². The Morgan fingerprint density at radius 2 is 2.05 bits per heavy atom. The summed E-state index contributed by atoms with van der Waals surface area (Å²) in [6.07, 6.45) is 0. The second-order valence-electron chi connectivity index (χ2n) is 4.71. The van der Waals surface area contributed by atoms with Gasteiger partial charge in [-0.25, -0.2) is 13.1 Å². The van der Waals surface area contributed by atoms with Crippen LogP contribution in [0.2, 0.25) is 4.34 Å². The Kier molecular flexibility index (Phi) is 4.79. The highest BCUT2D eigenvalue weighted by molar-refractivity contribution is 7.89. The van der Waals surface area contributed by atoms with Gasteiger partial charge in [-0.2, -0.15) is 0 Å². The van der Waals surface area contributed by atoms with E-state index in [1.54, 1.807) is 32.9 Å². The number of nitrogens with one attached hydrogen (secondary N) is 1. The van der Waals surface area contributed by atoms with Gasteiger partial charge in [0.1, 0.15) is 16.4 Å². The smallest absolute Gasteiger partial charge is 0.244 e. The molecule has 0 fully saturated rings. The van der Waals surface area contributed by atoms with E-state index >= 15 is 0 Å². The molecule has 0 spiro atoms. The highest BCUT2D eigenvalue weighted by Crippen LogP contribution is 2.30. The first kappa shape index (κ1) is 16.5. The normalized spacial score (nSPS) is 13.6. The molecule has 5 nitrogen and oxygen atoms in total. The van der Waals surface area contributed by atoms with Gasteiger partial charge in [0.05, 0.1) is 10.4 Å². The minimum atomic E-state index is -3.71. The molecule has 0 radical (unpaired) electrons. The standard InChI is InChI=1S/C13H17ClN2O3S2/c1-7(11-4-5-12(14)20-11)16-21(17,18)13-9(3)19-8(2)10(13)6-15/h4-5,7,16H,6,15H2,1-3H3. The Hall–Kier alpha value is -0.860. The van der Waals surface area contributed by atoms with Crippen molar-refractivity contribution in [2.45, 2.75) is 38.3 Å². The number of furan rings is 1. The van der Waals surface area contributed by atoms with Gasteiger partial charge in [-0.1, -0.05) is 11.6 Å². The van der Waals surface area contributed by atoms with Gasteiger partial charge in [-0.15, -0.1) is 11.3 Å². The molecule has 0 aliphatic carbocycles. The average Bonchev–Trinajstić information content (AvgIpc) is 2.92.